The van der Waals surface area contributed by atoms with E-state index in [-0.39, 0.29) is 17.8 Å². The SMILES string of the molecule is C[C@@]12C(=Cc3c(cnn3-c3ccc(F)cc3)C1O)CC[C@@]2(O)CCc1ccc(F)cc1C(N)=O. The summed E-state index contributed by atoms with van der Waals surface area (Å²) in [7, 11) is 0. The summed E-state index contributed by atoms with van der Waals surface area (Å²) in [5.74, 6) is -1.63. The second-order valence-electron chi connectivity index (χ2n) is 9.35. The highest BCUT2D eigenvalue weighted by molar-refractivity contribution is 5.94. The highest BCUT2D eigenvalue weighted by atomic mass is 19.1. The van der Waals surface area contributed by atoms with Gasteiger partial charge in [0.25, 0.3) is 0 Å². The third-order valence-corrected chi connectivity index (χ3v) is 7.65. The van der Waals surface area contributed by atoms with Gasteiger partial charge in [-0.1, -0.05) is 18.6 Å². The summed E-state index contributed by atoms with van der Waals surface area (Å²) < 4.78 is 28.6. The maximum absolute atomic E-state index is 13.6. The topological polar surface area (TPSA) is 101 Å². The number of amides is 1. The van der Waals surface area contributed by atoms with Crippen molar-refractivity contribution in [3.8, 4) is 5.69 Å². The van der Waals surface area contributed by atoms with E-state index in [1.807, 2.05) is 13.0 Å². The first kappa shape index (κ1) is 22.4. The van der Waals surface area contributed by atoms with Crippen LogP contribution in [0.25, 0.3) is 11.8 Å². The first-order valence-electron chi connectivity index (χ1n) is 11.2. The van der Waals surface area contributed by atoms with Crippen molar-refractivity contribution in [2.75, 3.05) is 0 Å². The van der Waals surface area contributed by atoms with E-state index < -0.39 is 28.8 Å². The van der Waals surface area contributed by atoms with Crippen LogP contribution in [0, 0.1) is 17.0 Å². The van der Waals surface area contributed by atoms with Gasteiger partial charge < -0.3 is 15.9 Å². The van der Waals surface area contributed by atoms with Crippen molar-refractivity contribution >= 4 is 12.0 Å². The molecule has 1 unspecified atom stereocenters. The smallest absolute Gasteiger partial charge is 0.249 e. The molecule has 1 heterocycles. The van der Waals surface area contributed by atoms with Crippen LogP contribution in [-0.2, 0) is 6.42 Å². The van der Waals surface area contributed by atoms with Crippen LogP contribution in [0.5, 0.6) is 0 Å². The molecule has 2 aliphatic rings. The fraction of sp³-hybridized carbons (Fsp3) is 0.308. The van der Waals surface area contributed by atoms with Crippen LogP contribution in [0.3, 0.4) is 0 Å². The van der Waals surface area contributed by atoms with E-state index in [1.54, 1.807) is 23.0 Å². The number of aliphatic hydroxyl groups excluding tert-OH is 1. The molecule has 8 heteroatoms. The van der Waals surface area contributed by atoms with Crippen molar-refractivity contribution in [1.29, 1.82) is 0 Å². The number of nitrogens with zero attached hydrogens (tertiary/aromatic N) is 2. The van der Waals surface area contributed by atoms with Crippen molar-refractivity contribution in [1.82, 2.24) is 9.78 Å². The Balaban J connectivity index is 1.48. The fourth-order valence-electron chi connectivity index (χ4n) is 5.52. The van der Waals surface area contributed by atoms with Crippen LogP contribution in [0.15, 0.2) is 54.2 Å². The van der Waals surface area contributed by atoms with Crippen LogP contribution in [0.2, 0.25) is 0 Å². The molecule has 0 saturated heterocycles. The van der Waals surface area contributed by atoms with E-state index in [0.717, 1.165) is 11.6 Å². The van der Waals surface area contributed by atoms with Gasteiger partial charge in [-0.25, -0.2) is 13.5 Å². The number of nitrogens with two attached hydrogens (primary N) is 1. The summed E-state index contributed by atoms with van der Waals surface area (Å²) in [6, 6.07) is 9.81. The number of aliphatic hydroxyl groups is 2. The van der Waals surface area contributed by atoms with Gasteiger partial charge >= 0.3 is 0 Å². The summed E-state index contributed by atoms with van der Waals surface area (Å²) in [5, 5.41) is 27.7. The van der Waals surface area contributed by atoms with Gasteiger partial charge in [-0.15, -0.1) is 0 Å². The summed E-state index contributed by atoms with van der Waals surface area (Å²) in [5.41, 5.74) is 6.67. The van der Waals surface area contributed by atoms with Gasteiger partial charge in [-0.2, -0.15) is 5.10 Å². The van der Waals surface area contributed by atoms with Gasteiger partial charge in [-0.3, -0.25) is 4.79 Å². The number of fused-ring (bicyclic) bond motifs is 2. The number of aryl methyl sites for hydroxylation is 1. The molecule has 3 aromatic rings. The van der Waals surface area contributed by atoms with E-state index in [4.69, 9.17) is 5.73 Å². The molecule has 176 valence electrons. The minimum absolute atomic E-state index is 0.0922. The third-order valence-electron chi connectivity index (χ3n) is 7.65. The molecular weight excluding hydrogens is 440 g/mol. The van der Waals surface area contributed by atoms with Crippen LogP contribution in [-0.4, -0.2) is 31.5 Å². The summed E-state index contributed by atoms with van der Waals surface area (Å²) >= 11 is 0. The second kappa shape index (κ2) is 7.85. The predicted molar refractivity (Wildman–Crippen MR) is 122 cm³/mol. The van der Waals surface area contributed by atoms with Crippen LogP contribution >= 0.6 is 0 Å². The van der Waals surface area contributed by atoms with Crippen molar-refractivity contribution in [3.05, 3.63) is 88.3 Å². The van der Waals surface area contributed by atoms with Crippen molar-refractivity contribution in [2.45, 2.75) is 44.3 Å². The summed E-state index contributed by atoms with van der Waals surface area (Å²) in [4.78, 5) is 11.8. The Labute approximate surface area is 195 Å². The highest BCUT2D eigenvalue weighted by Gasteiger charge is 2.59. The fourth-order valence-corrected chi connectivity index (χ4v) is 5.52. The van der Waals surface area contributed by atoms with Gasteiger partial charge in [0.05, 0.1) is 29.3 Å². The number of halogens is 2. The molecule has 0 bridgehead atoms. The molecule has 0 spiro atoms. The summed E-state index contributed by atoms with van der Waals surface area (Å²) in [6.07, 6.45) is 4.05. The largest absolute Gasteiger partial charge is 0.389 e. The molecule has 1 amide bonds. The third kappa shape index (κ3) is 3.28. The first-order chi connectivity index (χ1) is 16.1. The molecular formula is C26H25F2N3O3. The van der Waals surface area contributed by atoms with Gasteiger partial charge in [0, 0.05) is 16.5 Å². The Morgan fingerprint density at radius 2 is 1.91 bits per heavy atom. The summed E-state index contributed by atoms with van der Waals surface area (Å²) in [6.45, 7) is 1.84. The Morgan fingerprint density at radius 3 is 2.62 bits per heavy atom. The Hall–Kier alpha value is -3.36. The van der Waals surface area contributed by atoms with Gasteiger partial charge in [0.2, 0.25) is 5.91 Å². The Kier molecular flexibility index (Phi) is 5.18. The van der Waals surface area contributed by atoms with E-state index in [1.165, 1.54) is 24.3 Å². The predicted octanol–water partition coefficient (Wildman–Crippen LogP) is 3.84. The molecule has 5 rings (SSSR count). The minimum atomic E-state index is -1.27. The number of hydrogen-bond acceptors (Lipinski definition) is 4. The van der Waals surface area contributed by atoms with Gasteiger partial charge in [0.1, 0.15) is 11.6 Å². The van der Waals surface area contributed by atoms with Crippen molar-refractivity contribution < 1.29 is 23.8 Å². The van der Waals surface area contributed by atoms with E-state index in [0.29, 0.717) is 41.8 Å². The zero-order chi connectivity index (χ0) is 24.3. The zero-order valence-corrected chi connectivity index (χ0v) is 18.6. The number of carbonyl (C=O) groups is 1. The maximum atomic E-state index is 13.6. The maximum Gasteiger partial charge on any atom is 0.249 e. The van der Waals surface area contributed by atoms with Gasteiger partial charge in [-0.05, 0) is 73.7 Å². The number of rotatable bonds is 5. The molecule has 1 saturated carbocycles. The lowest BCUT2D eigenvalue weighted by molar-refractivity contribution is -0.105. The molecule has 4 N–H and O–H groups in total. The monoisotopic (exact) mass is 465 g/mol. The highest BCUT2D eigenvalue weighted by Crippen LogP contribution is 2.61. The first-order valence-corrected chi connectivity index (χ1v) is 11.2. The minimum Gasteiger partial charge on any atom is -0.389 e. The van der Waals surface area contributed by atoms with Crippen molar-refractivity contribution in [2.24, 2.45) is 11.1 Å². The average Bonchev–Trinajstić information content (AvgIpc) is 3.34. The molecule has 3 atom stereocenters. The number of aromatic nitrogens is 2. The quantitative estimate of drug-likeness (QED) is 0.533. The molecule has 2 aromatic carbocycles. The lowest BCUT2D eigenvalue weighted by atomic mass is 9.64. The van der Waals surface area contributed by atoms with Gasteiger partial charge in [0.15, 0.2) is 0 Å². The van der Waals surface area contributed by atoms with E-state index in [9.17, 15) is 23.8 Å². The van der Waals surface area contributed by atoms with Crippen LogP contribution in [0.4, 0.5) is 8.78 Å². The van der Waals surface area contributed by atoms with Crippen LogP contribution in [0.1, 0.15) is 59.5 Å². The molecule has 1 aromatic heterocycles. The number of carbonyl (C=O) groups excluding carboxylic acids is 1. The normalized spacial score (nSPS) is 25.6. The molecule has 0 radical (unpaired) electrons. The Bertz CT molecular complexity index is 1320. The number of primary amides is 1. The number of hydrogen-bond donors (Lipinski definition) is 3. The molecule has 34 heavy (non-hydrogen) atoms. The second-order valence-corrected chi connectivity index (χ2v) is 9.35. The van der Waals surface area contributed by atoms with E-state index in [2.05, 4.69) is 5.10 Å². The molecule has 1 fully saturated rings. The molecule has 2 aliphatic carbocycles. The zero-order valence-electron chi connectivity index (χ0n) is 18.6. The lowest BCUT2D eigenvalue weighted by Crippen LogP contribution is -2.48. The lowest BCUT2D eigenvalue weighted by Gasteiger charge is -2.45. The average molecular weight is 466 g/mol. The van der Waals surface area contributed by atoms with E-state index >= 15 is 0 Å². The van der Waals surface area contributed by atoms with Crippen molar-refractivity contribution in [3.63, 3.8) is 0 Å². The Morgan fingerprint density at radius 1 is 1.21 bits per heavy atom. The molecule has 0 aliphatic heterocycles. The number of benzene rings is 2. The van der Waals surface area contributed by atoms with Crippen LogP contribution < -0.4 is 5.73 Å². The molecule has 6 nitrogen and oxygen atoms in total. The standard InChI is InChI=1S/C26H25F2N3O3/c1-25-16(9-11-26(25,34)10-8-15-2-3-18(28)13-20(15)24(29)33)12-22-21(23(25)32)14-30-31(22)19-6-4-17(27)5-7-19/h2-7,12-14,23,32,34H,8-11H2,1H3,(H2,29,33)/t23?,25-,26+/m1/s1.